The first-order valence-electron chi connectivity index (χ1n) is 6.65. The normalized spacial score (nSPS) is 10.2. The van der Waals surface area contributed by atoms with Gasteiger partial charge in [0.15, 0.2) is 0 Å². The van der Waals surface area contributed by atoms with Gasteiger partial charge in [-0.2, -0.15) is 0 Å². The van der Waals surface area contributed by atoms with Crippen molar-refractivity contribution < 1.29 is 0 Å². The van der Waals surface area contributed by atoms with E-state index in [2.05, 4.69) is 62.4 Å². The Morgan fingerprint density at radius 3 is 1.11 bits per heavy atom. The highest BCUT2D eigenvalue weighted by Gasteiger charge is 2.06. The van der Waals surface area contributed by atoms with Crippen LogP contribution in [-0.4, -0.2) is 0 Å². The Morgan fingerprint density at radius 1 is 0.500 bits per heavy atom. The second-order valence-electron chi connectivity index (χ2n) is 4.34. The van der Waals surface area contributed by atoms with Crippen molar-refractivity contribution in [3.05, 3.63) is 59.7 Å². The van der Waals surface area contributed by atoms with E-state index >= 15 is 0 Å². The van der Waals surface area contributed by atoms with Crippen LogP contribution in [0.2, 0.25) is 0 Å². The fourth-order valence-corrected chi connectivity index (χ4v) is 2.49. The molecule has 0 aliphatic heterocycles. The molecule has 0 bridgehead atoms. The molecule has 0 amide bonds. The molecule has 0 fully saturated rings. The Morgan fingerprint density at radius 2 is 0.778 bits per heavy atom. The molecule has 0 aromatic heterocycles. The van der Waals surface area contributed by atoms with Crippen molar-refractivity contribution in [2.45, 2.75) is 27.7 Å². The van der Waals surface area contributed by atoms with Crippen LogP contribution < -0.4 is 0 Å². The summed E-state index contributed by atoms with van der Waals surface area (Å²) in [6.45, 7) is 8.42. The van der Waals surface area contributed by atoms with Crippen LogP contribution in [0.4, 0.5) is 0 Å². The Balaban J connectivity index is 0.000000574. The van der Waals surface area contributed by atoms with Gasteiger partial charge in [-0.3, -0.25) is 0 Å². The van der Waals surface area contributed by atoms with Crippen molar-refractivity contribution >= 4 is 21.5 Å². The molecule has 0 heterocycles. The fourth-order valence-electron chi connectivity index (χ4n) is 2.49. The van der Waals surface area contributed by atoms with Crippen LogP contribution in [0.5, 0.6) is 0 Å². The van der Waals surface area contributed by atoms with Crippen molar-refractivity contribution in [3.63, 3.8) is 0 Å². The van der Waals surface area contributed by atoms with E-state index < -0.39 is 0 Å². The summed E-state index contributed by atoms with van der Waals surface area (Å²) in [7, 11) is 0. The number of hydrogen-bond donors (Lipinski definition) is 0. The van der Waals surface area contributed by atoms with Crippen molar-refractivity contribution in [3.8, 4) is 0 Å². The molecule has 3 rings (SSSR count). The van der Waals surface area contributed by atoms with Crippen molar-refractivity contribution in [1.29, 1.82) is 0 Å². The van der Waals surface area contributed by atoms with Gasteiger partial charge in [0.05, 0.1) is 0 Å². The predicted molar refractivity (Wildman–Crippen MR) is 82.3 cm³/mol. The summed E-state index contributed by atoms with van der Waals surface area (Å²) >= 11 is 0. The van der Waals surface area contributed by atoms with Crippen molar-refractivity contribution in [2.24, 2.45) is 0 Å². The molecular weight excluding hydrogens is 216 g/mol. The van der Waals surface area contributed by atoms with E-state index in [0.29, 0.717) is 0 Å². The maximum absolute atomic E-state index is 2.21. The van der Waals surface area contributed by atoms with E-state index in [1.54, 1.807) is 0 Å². The van der Waals surface area contributed by atoms with E-state index in [4.69, 9.17) is 0 Å². The molecule has 0 saturated carbocycles. The van der Waals surface area contributed by atoms with E-state index in [0.717, 1.165) is 0 Å². The summed E-state index contributed by atoms with van der Waals surface area (Å²) < 4.78 is 0. The molecule has 18 heavy (non-hydrogen) atoms. The van der Waals surface area contributed by atoms with E-state index in [-0.39, 0.29) is 0 Å². The van der Waals surface area contributed by atoms with Gasteiger partial charge in [0, 0.05) is 0 Å². The molecule has 3 aromatic carbocycles. The minimum Gasteiger partial charge on any atom is -0.0683 e. The number of hydrogen-bond acceptors (Lipinski definition) is 0. The van der Waals surface area contributed by atoms with E-state index in [9.17, 15) is 0 Å². The maximum Gasteiger partial charge on any atom is -0.0103 e. The lowest BCUT2D eigenvalue weighted by atomic mass is 9.93. The fraction of sp³-hybridized carbons (Fsp3) is 0.222. The van der Waals surface area contributed by atoms with Crippen LogP contribution >= 0.6 is 0 Å². The van der Waals surface area contributed by atoms with Gasteiger partial charge < -0.3 is 0 Å². The number of benzene rings is 3. The molecule has 92 valence electrons. The maximum atomic E-state index is 2.21. The average molecular weight is 236 g/mol. The van der Waals surface area contributed by atoms with Gasteiger partial charge in [-0.05, 0) is 46.5 Å². The summed E-state index contributed by atoms with van der Waals surface area (Å²) in [5.74, 6) is 0. The summed E-state index contributed by atoms with van der Waals surface area (Å²) in [6, 6.07) is 17.3. The first-order chi connectivity index (χ1) is 8.79. The molecule has 0 heteroatoms. The standard InChI is InChI=1S/C16H14.C2H6/c1-11-12(2)14-8-4-6-10-16(14)15-9-5-3-7-13(11)15;1-2/h3-10H,1-2H3;1-2H3. The second kappa shape index (κ2) is 5.22. The van der Waals surface area contributed by atoms with Gasteiger partial charge in [-0.25, -0.2) is 0 Å². The van der Waals surface area contributed by atoms with Gasteiger partial charge in [-0.15, -0.1) is 0 Å². The van der Waals surface area contributed by atoms with Gasteiger partial charge in [0.2, 0.25) is 0 Å². The number of aryl methyl sites for hydroxylation is 2. The monoisotopic (exact) mass is 236 g/mol. The Hall–Kier alpha value is -1.82. The lowest BCUT2D eigenvalue weighted by Gasteiger charge is -2.11. The third-order valence-corrected chi connectivity index (χ3v) is 3.51. The van der Waals surface area contributed by atoms with Crippen LogP contribution in [0.25, 0.3) is 21.5 Å². The lowest BCUT2D eigenvalue weighted by molar-refractivity contribution is 1.41. The lowest BCUT2D eigenvalue weighted by Crippen LogP contribution is -1.87. The molecular formula is C18H20. The van der Waals surface area contributed by atoms with Crippen molar-refractivity contribution in [2.75, 3.05) is 0 Å². The SMILES string of the molecule is CC.Cc1c(C)c2ccccc2c2ccccc12. The highest BCUT2D eigenvalue weighted by Crippen LogP contribution is 2.31. The molecule has 0 radical (unpaired) electrons. The smallest absolute Gasteiger partial charge is 0.0103 e. The third-order valence-electron chi connectivity index (χ3n) is 3.51. The first-order valence-corrected chi connectivity index (χ1v) is 6.65. The van der Waals surface area contributed by atoms with Gasteiger partial charge >= 0.3 is 0 Å². The van der Waals surface area contributed by atoms with Crippen molar-refractivity contribution in [1.82, 2.24) is 0 Å². The number of fused-ring (bicyclic) bond motifs is 3. The minimum absolute atomic E-state index is 1.36. The first kappa shape index (κ1) is 12.6. The molecule has 0 aliphatic rings. The van der Waals surface area contributed by atoms with Gasteiger partial charge in [-0.1, -0.05) is 62.4 Å². The summed E-state index contributed by atoms with van der Waals surface area (Å²) in [5, 5.41) is 5.47. The molecule has 0 unspecified atom stereocenters. The summed E-state index contributed by atoms with van der Waals surface area (Å²) in [6.07, 6.45) is 0. The van der Waals surface area contributed by atoms with Crippen LogP contribution in [0.1, 0.15) is 25.0 Å². The van der Waals surface area contributed by atoms with Crippen LogP contribution in [0, 0.1) is 13.8 Å². The van der Waals surface area contributed by atoms with Crippen LogP contribution in [-0.2, 0) is 0 Å². The summed E-state index contributed by atoms with van der Waals surface area (Å²) in [5.41, 5.74) is 2.80. The highest BCUT2D eigenvalue weighted by atomic mass is 14.1. The van der Waals surface area contributed by atoms with E-state index in [1.165, 1.54) is 32.7 Å². The Labute approximate surface area is 109 Å². The summed E-state index contributed by atoms with van der Waals surface area (Å²) in [4.78, 5) is 0. The molecule has 3 aromatic rings. The van der Waals surface area contributed by atoms with Crippen LogP contribution in [0.15, 0.2) is 48.5 Å². The van der Waals surface area contributed by atoms with Crippen LogP contribution in [0.3, 0.4) is 0 Å². The molecule has 0 spiro atoms. The Bertz CT molecular complexity index is 617. The average Bonchev–Trinajstić information content (AvgIpc) is 2.47. The van der Waals surface area contributed by atoms with Gasteiger partial charge in [0.25, 0.3) is 0 Å². The quantitative estimate of drug-likeness (QED) is 0.443. The molecule has 0 N–H and O–H groups in total. The third kappa shape index (κ3) is 1.88. The largest absolute Gasteiger partial charge is 0.0683 e. The predicted octanol–water partition coefficient (Wildman–Crippen LogP) is 5.64. The molecule has 0 atom stereocenters. The Kier molecular flexibility index (Phi) is 3.66. The van der Waals surface area contributed by atoms with E-state index in [1.807, 2.05) is 13.8 Å². The zero-order chi connectivity index (χ0) is 13.1. The minimum atomic E-state index is 1.36. The molecule has 0 saturated heterocycles. The molecule has 0 nitrogen and oxygen atoms in total. The van der Waals surface area contributed by atoms with Gasteiger partial charge in [0.1, 0.15) is 0 Å². The zero-order valence-electron chi connectivity index (χ0n) is 11.6. The topological polar surface area (TPSA) is 0 Å². The highest BCUT2D eigenvalue weighted by molar-refractivity contribution is 6.10. The number of rotatable bonds is 0. The zero-order valence-corrected chi connectivity index (χ0v) is 11.6. The molecule has 0 aliphatic carbocycles. The second-order valence-corrected chi connectivity index (χ2v) is 4.34.